The molecule has 4 aromatic rings. The lowest BCUT2D eigenvalue weighted by Gasteiger charge is -2.15. The third-order valence-electron chi connectivity index (χ3n) is 5.94. The Labute approximate surface area is 237 Å². The quantitative estimate of drug-likeness (QED) is 0.221. The number of carbonyl (C=O) groups is 1. The van der Waals surface area contributed by atoms with Crippen LogP contribution in [0.5, 0.6) is 11.5 Å². The molecule has 39 heavy (non-hydrogen) atoms. The van der Waals surface area contributed by atoms with Gasteiger partial charge in [-0.2, -0.15) is 9.78 Å². The highest BCUT2D eigenvalue weighted by atomic mass is 79.9. The molecule has 8 nitrogen and oxygen atoms in total. The monoisotopic (exact) mass is 614 g/mol. The topological polar surface area (TPSA) is 94.8 Å². The maximum Gasteiger partial charge on any atom is 0.282 e. The van der Waals surface area contributed by atoms with E-state index in [1.54, 1.807) is 24.3 Å². The van der Waals surface area contributed by atoms with Crippen molar-refractivity contribution in [3.05, 3.63) is 91.7 Å². The molecule has 0 radical (unpaired) electrons. The van der Waals surface area contributed by atoms with Gasteiger partial charge in [-0.15, -0.1) is 0 Å². The van der Waals surface area contributed by atoms with Crippen molar-refractivity contribution in [3.8, 4) is 11.5 Å². The molecule has 1 amide bonds. The largest absolute Gasteiger partial charge is 0.493 e. The van der Waals surface area contributed by atoms with Gasteiger partial charge >= 0.3 is 0 Å². The lowest BCUT2D eigenvalue weighted by atomic mass is 10.1. The van der Waals surface area contributed by atoms with Crippen LogP contribution in [0.15, 0.2) is 69.0 Å². The minimum Gasteiger partial charge on any atom is -0.493 e. The first-order valence-corrected chi connectivity index (χ1v) is 13.2. The predicted molar refractivity (Wildman–Crippen MR) is 154 cm³/mol. The van der Waals surface area contributed by atoms with E-state index < -0.39 is 11.7 Å². The van der Waals surface area contributed by atoms with Gasteiger partial charge in [-0.3, -0.25) is 9.59 Å². The number of halogens is 3. The van der Waals surface area contributed by atoms with E-state index in [2.05, 4.69) is 26.3 Å². The summed E-state index contributed by atoms with van der Waals surface area (Å²) in [5.74, 6) is 0.0959. The number of fused-ring (bicyclic) bond motifs is 1. The number of hydrogen-bond donors (Lipinski definition) is 1. The number of carbonyl (C=O) groups excluding carboxylic acids is 1. The van der Waals surface area contributed by atoms with E-state index in [0.717, 1.165) is 10.9 Å². The van der Waals surface area contributed by atoms with Gasteiger partial charge in [0.15, 0.2) is 18.1 Å². The molecule has 0 aliphatic rings. The van der Waals surface area contributed by atoms with Gasteiger partial charge in [0.25, 0.3) is 11.5 Å². The smallest absolute Gasteiger partial charge is 0.282 e. The Morgan fingerprint density at radius 2 is 1.97 bits per heavy atom. The third-order valence-corrected chi connectivity index (χ3v) is 6.71. The Morgan fingerprint density at radius 1 is 1.23 bits per heavy atom. The molecule has 0 saturated carbocycles. The molecule has 0 aliphatic heterocycles. The highest BCUT2D eigenvalue weighted by Gasteiger charge is 2.17. The minimum atomic E-state index is -0.460. The molecule has 1 aromatic heterocycles. The normalized spacial score (nSPS) is 12.1. The number of nitrogens with zero attached hydrogens (tertiary/aromatic N) is 3. The van der Waals surface area contributed by atoms with E-state index >= 15 is 0 Å². The zero-order valence-electron chi connectivity index (χ0n) is 21.4. The minimum absolute atomic E-state index is 0.0159. The van der Waals surface area contributed by atoms with Crippen LogP contribution in [-0.2, 0) is 4.79 Å². The van der Waals surface area contributed by atoms with Crippen LogP contribution >= 0.6 is 27.5 Å². The summed E-state index contributed by atoms with van der Waals surface area (Å²) in [6, 6.07) is 13.9. The first-order valence-electron chi connectivity index (χ1n) is 12.0. The number of hydrogen-bond acceptors (Lipinski definition) is 6. The molecule has 1 atom stereocenters. The summed E-state index contributed by atoms with van der Waals surface area (Å²) in [5, 5.41) is 7.68. The molecule has 0 bridgehead atoms. The van der Waals surface area contributed by atoms with Gasteiger partial charge < -0.3 is 14.8 Å². The van der Waals surface area contributed by atoms with Crippen LogP contribution in [0.2, 0.25) is 5.02 Å². The number of rotatable bonds is 9. The Bertz CT molecular complexity index is 1610. The maximum atomic E-state index is 13.3. The number of nitrogens with one attached hydrogen (secondary N) is 1. The van der Waals surface area contributed by atoms with Gasteiger partial charge in [0, 0.05) is 16.1 Å². The summed E-state index contributed by atoms with van der Waals surface area (Å²) >= 11 is 9.87. The fourth-order valence-corrected chi connectivity index (χ4v) is 4.36. The molecule has 0 saturated heterocycles. The van der Waals surface area contributed by atoms with E-state index in [4.69, 9.17) is 26.1 Å². The van der Waals surface area contributed by atoms with Crippen LogP contribution in [0.1, 0.15) is 37.6 Å². The average Bonchev–Trinajstić information content (AvgIpc) is 2.92. The van der Waals surface area contributed by atoms with Crippen LogP contribution in [0.3, 0.4) is 0 Å². The van der Waals surface area contributed by atoms with E-state index in [-0.39, 0.29) is 34.6 Å². The van der Waals surface area contributed by atoms with Gasteiger partial charge in [0.05, 0.1) is 29.2 Å². The Hall–Kier alpha value is -3.76. The molecular formula is C28H25BrClFN4O4. The van der Waals surface area contributed by atoms with Crippen molar-refractivity contribution in [3.63, 3.8) is 0 Å². The zero-order valence-corrected chi connectivity index (χ0v) is 23.7. The van der Waals surface area contributed by atoms with Gasteiger partial charge in [0.2, 0.25) is 0 Å². The zero-order chi connectivity index (χ0) is 28.1. The van der Waals surface area contributed by atoms with Crippen LogP contribution in [0, 0.1) is 5.82 Å². The van der Waals surface area contributed by atoms with Crippen LogP contribution < -0.4 is 20.3 Å². The van der Waals surface area contributed by atoms with E-state index in [1.807, 2.05) is 19.9 Å². The predicted octanol–water partition coefficient (Wildman–Crippen LogP) is 6.37. The van der Waals surface area contributed by atoms with Gasteiger partial charge in [0.1, 0.15) is 11.6 Å². The van der Waals surface area contributed by atoms with Crippen molar-refractivity contribution in [2.75, 3.05) is 19.0 Å². The van der Waals surface area contributed by atoms with E-state index in [0.29, 0.717) is 28.0 Å². The van der Waals surface area contributed by atoms with Crippen molar-refractivity contribution in [1.82, 2.24) is 9.66 Å². The van der Waals surface area contributed by atoms with Gasteiger partial charge in [-0.25, -0.2) is 9.37 Å². The molecule has 4 rings (SSSR count). The lowest BCUT2D eigenvalue weighted by Crippen LogP contribution is -2.23. The number of benzene rings is 3. The van der Waals surface area contributed by atoms with Crippen molar-refractivity contribution in [2.24, 2.45) is 5.10 Å². The Kier molecular flexibility index (Phi) is 8.98. The molecule has 11 heteroatoms. The van der Waals surface area contributed by atoms with Gasteiger partial charge in [-0.05, 0) is 66.6 Å². The summed E-state index contributed by atoms with van der Waals surface area (Å²) in [7, 11) is 1.44. The number of ether oxygens (including phenoxy) is 2. The molecule has 3 aromatic carbocycles. The van der Waals surface area contributed by atoms with Crippen LogP contribution in [-0.4, -0.2) is 35.5 Å². The van der Waals surface area contributed by atoms with Crippen molar-refractivity contribution >= 4 is 56.2 Å². The molecule has 1 heterocycles. The van der Waals surface area contributed by atoms with Crippen molar-refractivity contribution < 1.29 is 18.7 Å². The third kappa shape index (κ3) is 6.63. The standard InChI is InChI=1S/C28H25BrClFN4O4/c1-4-16(2)27-34-23-10-5-18(29)13-21(23)28(37)35(27)32-14-17-11-22(30)26(24(12-17)38-3)39-15-25(36)33-20-8-6-19(31)7-9-20/h5-14,16H,4,15H2,1-3H3,(H,33,36)/t16-/m1/s1. The molecule has 202 valence electrons. The summed E-state index contributed by atoms with van der Waals surface area (Å²) in [6.45, 7) is 3.64. The highest BCUT2D eigenvalue weighted by molar-refractivity contribution is 9.10. The molecule has 0 spiro atoms. The first kappa shape index (κ1) is 28.3. The summed E-state index contributed by atoms with van der Waals surface area (Å²) in [4.78, 5) is 30.3. The SMILES string of the molecule is CC[C@@H](C)c1nc2ccc(Br)cc2c(=O)n1N=Cc1cc(Cl)c(OCC(=O)Nc2ccc(F)cc2)c(OC)c1. The number of amides is 1. The molecule has 1 N–H and O–H groups in total. The Morgan fingerprint density at radius 3 is 2.67 bits per heavy atom. The molecule has 0 unspecified atom stereocenters. The second-order valence-electron chi connectivity index (χ2n) is 8.68. The fraction of sp³-hybridized carbons (Fsp3) is 0.214. The van der Waals surface area contributed by atoms with Crippen molar-refractivity contribution in [2.45, 2.75) is 26.2 Å². The molecular weight excluding hydrogens is 591 g/mol. The highest BCUT2D eigenvalue weighted by Crippen LogP contribution is 2.36. The second-order valence-corrected chi connectivity index (χ2v) is 10.0. The van der Waals surface area contributed by atoms with Crippen LogP contribution in [0.25, 0.3) is 10.9 Å². The number of aromatic nitrogens is 2. The summed E-state index contributed by atoms with van der Waals surface area (Å²) in [5.41, 5.74) is 1.27. The molecule has 0 aliphatic carbocycles. The number of methoxy groups -OCH3 is 1. The fourth-order valence-electron chi connectivity index (χ4n) is 3.73. The van der Waals surface area contributed by atoms with Crippen LogP contribution in [0.4, 0.5) is 10.1 Å². The van der Waals surface area contributed by atoms with Crippen molar-refractivity contribution in [1.29, 1.82) is 0 Å². The summed E-state index contributed by atoms with van der Waals surface area (Å²) < 4.78 is 26.2. The average molecular weight is 616 g/mol. The lowest BCUT2D eigenvalue weighted by molar-refractivity contribution is -0.118. The molecule has 0 fully saturated rings. The van der Waals surface area contributed by atoms with Gasteiger partial charge in [-0.1, -0.05) is 41.4 Å². The van der Waals surface area contributed by atoms with E-state index in [1.165, 1.54) is 42.3 Å². The second kappa shape index (κ2) is 12.4. The Balaban J connectivity index is 1.60. The van der Waals surface area contributed by atoms with E-state index in [9.17, 15) is 14.0 Å². The maximum absolute atomic E-state index is 13.3. The first-order chi connectivity index (χ1) is 18.7. The number of anilines is 1. The summed E-state index contributed by atoms with van der Waals surface area (Å²) in [6.07, 6.45) is 2.25.